The van der Waals surface area contributed by atoms with Gasteiger partial charge in [-0.3, -0.25) is 9.69 Å². The van der Waals surface area contributed by atoms with Crippen LogP contribution >= 0.6 is 11.8 Å². The van der Waals surface area contributed by atoms with Gasteiger partial charge in [0.05, 0.1) is 30.2 Å². The van der Waals surface area contributed by atoms with Gasteiger partial charge in [-0.1, -0.05) is 6.07 Å². The molecule has 1 atom stereocenters. The van der Waals surface area contributed by atoms with Crippen LogP contribution in [0.25, 0.3) is 0 Å². The number of hydrogen-bond donors (Lipinski definition) is 1. The molecule has 5 nitrogen and oxygen atoms in total. The second-order valence-corrected chi connectivity index (χ2v) is 6.85. The highest BCUT2D eigenvalue weighted by Gasteiger charge is 2.24. The minimum Gasteiger partial charge on any atom is -0.472 e. The third kappa shape index (κ3) is 3.99. The topological polar surface area (TPSA) is 69.3 Å². The van der Waals surface area contributed by atoms with Gasteiger partial charge in [0.1, 0.15) is 0 Å². The molecular formula is C18H19N3O2S. The zero-order valence-corrected chi connectivity index (χ0v) is 14.1. The normalized spacial score (nSPS) is 16.3. The molecule has 1 saturated heterocycles. The minimum absolute atomic E-state index is 0.104. The zero-order valence-electron chi connectivity index (χ0n) is 13.3. The Balaban J connectivity index is 1.68. The Bertz CT molecular complexity index is 718. The molecule has 2 heterocycles. The first kappa shape index (κ1) is 16.6. The van der Waals surface area contributed by atoms with Crippen molar-refractivity contribution in [3.8, 4) is 6.07 Å². The van der Waals surface area contributed by atoms with Crippen LogP contribution in [0.3, 0.4) is 0 Å². The first-order valence-corrected chi connectivity index (χ1v) is 9.05. The summed E-state index contributed by atoms with van der Waals surface area (Å²) in [6.07, 6.45) is 3.41. The lowest BCUT2D eigenvalue weighted by atomic mass is 10.1. The molecular weight excluding hydrogens is 322 g/mol. The molecule has 0 saturated carbocycles. The Morgan fingerprint density at radius 3 is 2.92 bits per heavy atom. The van der Waals surface area contributed by atoms with Gasteiger partial charge in [-0.25, -0.2) is 0 Å². The van der Waals surface area contributed by atoms with Gasteiger partial charge >= 0.3 is 0 Å². The number of benzene rings is 1. The van der Waals surface area contributed by atoms with Gasteiger partial charge in [-0.15, -0.1) is 0 Å². The molecule has 3 rings (SSSR count). The molecule has 6 heteroatoms. The second-order valence-electron chi connectivity index (χ2n) is 5.62. The third-order valence-electron chi connectivity index (χ3n) is 4.12. The van der Waals surface area contributed by atoms with E-state index in [1.165, 1.54) is 0 Å². The summed E-state index contributed by atoms with van der Waals surface area (Å²) in [6.45, 7) is 2.51. The van der Waals surface area contributed by atoms with E-state index in [0.29, 0.717) is 17.7 Å². The molecule has 124 valence electrons. The molecule has 1 aliphatic heterocycles. The summed E-state index contributed by atoms with van der Waals surface area (Å²) >= 11 is 1.96. The minimum atomic E-state index is -0.160. The van der Waals surface area contributed by atoms with Crippen LogP contribution in [0.5, 0.6) is 0 Å². The lowest BCUT2D eigenvalue weighted by Crippen LogP contribution is -2.41. The molecule has 0 spiro atoms. The number of carbonyl (C=O) groups is 1. The van der Waals surface area contributed by atoms with Gasteiger partial charge in [0.15, 0.2) is 0 Å². The van der Waals surface area contributed by atoms with Crippen molar-refractivity contribution >= 4 is 17.7 Å². The van der Waals surface area contributed by atoms with E-state index < -0.39 is 0 Å². The predicted molar refractivity (Wildman–Crippen MR) is 93.8 cm³/mol. The van der Waals surface area contributed by atoms with Crippen LogP contribution in [0.15, 0.2) is 47.3 Å². The van der Waals surface area contributed by atoms with Crippen molar-refractivity contribution in [1.29, 1.82) is 5.26 Å². The standard InChI is InChI=1S/C18H19N3O2S/c19-11-14-2-1-3-15(10-14)18(22)20-12-17(16-4-7-23-13-16)21-5-8-24-9-6-21/h1-4,7,10,13,17H,5-6,8-9,12H2,(H,20,22)/t17-/m1/s1. The molecule has 1 amide bonds. The lowest BCUT2D eigenvalue weighted by molar-refractivity contribution is 0.0934. The second kappa shape index (κ2) is 8.04. The molecule has 24 heavy (non-hydrogen) atoms. The fourth-order valence-corrected chi connectivity index (χ4v) is 3.76. The maximum atomic E-state index is 12.4. The Morgan fingerprint density at radius 1 is 1.38 bits per heavy atom. The first-order chi connectivity index (χ1) is 11.8. The smallest absolute Gasteiger partial charge is 0.251 e. The number of thioether (sulfide) groups is 1. The SMILES string of the molecule is N#Cc1cccc(C(=O)NC[C@H](c2ccoc2)N2CCSCC2)c1. The number of nitrogens with one attached hydrogen (secondary N) is 1. The number of carbonyl (C=O) groups excluding carboxylic acids is 1. The van der Waals surface area contributed by atoms with Crippen LogP contribution < -0.4 is 5.32 Å². The van der Waals surface area contributed by atoms with Crippen LogP contribution in [-0.4, -0.2) is 41.9 Å². The van der Waals surface area contributed by atoms with Crippen molar-refractivity contribution in [2.24, 2.45) is 0 Å². The Kier molecular flexibility index (Phi) is 5.57. The van der Waals surface area contributed by atoms with Crippen molar-refractivity contribution in [1.82, 2.24) is 10.2 Å². The fraction of sp³-hybridized carbons (Fsp3) is 0.333. The van der Waals surface area contributed by atoms with E-state index in [-0.39, 0.29) is 11.9 Å². The van der Waals surface area contributed by atoms with Crippen LogP contribution in [0.4, 0.5) is 0 Å². The third-order valence-corrected chi connectivity index (χ3v) is 5.07. The molecule has 2 aromatic rings. The number of furan rings is 1. The Labute approximate surface area is 145 Å². The summed E-state index contributed by atoms with van der Waals surface area (Å²) in [4.78, 5) is 14.8. The first-order valence-electron chi connectivity index (χ1n) is 7.90. The van der Waals surface area contributed by atoms with E-state index in [2.05, 4.69) is 16.3 Å². The molecule has 1 aromatic heterocycles. The van der Waals surface area contributed by atoms with Crippen molar-refractivity contribution in [3.63, 3.8) is 0 Å². The molecule has 0 bridgehead atoms. The van der Waals surface area contributed by atoms with Crippen molar-refractivity contribution in [2.75, 3.05) is 31.1 Å². The lowest BCUT2D eigenvalue weighted by Gasteiger charge is -2.34. The summed E-state index contributed by atoms with van der Waals surface area (Å²) in [5.41, 5.74) is 2.07. The zero-order chi connectivity index (χ0) is 16.8. The summed E-state index contributed by atoms with van der Waals surface area (Å²) < 4.78 is 5.23. The Morgan fingerprint density at radius 2 is 2.21 bits per heavy atom. The predicted octanol–water partition coefficient (Wildman–Crippen LogP) is 2.67. The number of hydrogen-bond acceptors (Lipinski definition) is 5. The summed E-state index contributed by atoms with van der Waals surface area (Å²) in [5.74, 6) is 2.05. The monoisotopic (exact) mass is 341 g/mol. The van der Waals surface area contributed by atoms with Gasteiger partial charge in [0.2, 0.25) is 0 Å². The summed E-state index contributed by atoms with van der Waals surface area (Å²) in [7, 11) is 0. The maximum absolute atomic E-state index is 12.4. The van der Waals surface area contributed by atoms with Crippen LogP contribution in [-0.2, 0) is 0 Å². The van der Waals surface area contributed by atoms with Gasteiger partial charge in [0.25, 0.3) is 5.91 Å². The molecule has 1 N–H and O–H groups in total. The number of nitrogens with zero attached hydrogens (tertiary/aromatic N) is 2. The van der Waals surface area contributed by atoms with Crippen molar-refractivity contribution < 1.29 is 9.21 Å². The number of amides is 1. The van der Waals surface area contributed by atoms with E-state index >= 15 is 0 Å². The fourth-order valence-electron chi connectivity index (χ4n) is 2.83. The molecule has 1 aromatic carbocycles. The molecule has 1 aliphatic rings. The molecule has 0 aliphatic carbocycles. The maximum Gasteiger partial charge on any atom is 0.251 e. The van der Waals surface area contributed by atoms with Gasteiger partial charge in [0, 0.05) is 42.3 Å². The van der Waals surface area contributed by atoms with Gasteiger partial charge in [-0.2, -0.15) is 17.0 Å². The number of nitriles is 1. The quantitative estimate of drug-likeness (QED) is 0.905. The average molecular weight is 341 g/mol. The largest absolute Gasteiger partial charge is 0.472 e. The van der Waals surface area contributed by atoms with Crippen LogP contribution in [0.1, 0.15) is 27.5 Å². The highest BCUT2D eigenvalue weighted by molar-refractivity contribution is 7.99. The average Bonchev–Trinajstić information content (AvgIpc) is 3.17. The summed E-state index contributed by atoms with van der Waals surface area (Å²) in [6, 6.07) is 10.9. The van der Waals surface area contributed by atoms with E-state index in [0.717, 1.165) is 30.2 Å². The van der Waals surface area contributed by atoms with E-state index in [9.17, 15) is 4.79 Å². The highest BCUT2D eigenvalue weighted by atomic mass is 32.2. The van der Waals surface area contributed by atoms with E-state index in [1.807, 2.05) is 17.8 Å². The molecule has 0 unspecified atom stereocenters. The number of rotatable bonds is 5. The summed E-state index contributed by atoms with van der Waals surface area (Å²) in [5, 5.41) is 12.0. The van der Waals surface area contributed by atoms with Gasteiger partial charge < -0.3 is 9.73 Å². The van der Waals surface area contributed by atoms with E-state index in [4.69, 9.17) is 9.68 Å². The van der Waals surface area contributed by atoms with Crippen molar-refractivity contribution in [2.45, 2.75) is 6.04 Å². The van der Waals surface area contributed by atoms with Crippen LogP contribution in [0.2, 0.25) is 0 Å². The highest BCUT2D eigenvalue weighted by Crippen LogP contribution is 2.24. The van der Waals surface area contributed by atoms with E-state index in [1.54, 1.807) is 36.8 Å². The molecule has 1 fully saturated rings. The van der Waals surface area contributed by atoms with Gasteiger partial charge in [-0.05, 0) is 24.3 Å². The van der Waals surface area contributed by atoms with Crippen molar-refractivity contribution in [3.05, 3.63) is 59.5 Å². The molecule has 0 radical (unpaired) electrons. The Hall–Kier alpha value is -2.23. The van der Waals surface area contributed by atoms with Crippen LogP contribution in [0, 0.1) is 11.3 Å².